The highest BCUT2D eigenvalue weighted by Crippen LogP contribution is 2.30. The fourth-order valence-electron chi connectivity index (χ4n) is 3.54. The molecule has 0 aliphatic heterocycles. The van der Waals surface area contributed by atoms with Crippen molar-refractivity contribution in [2.75, 3.05) is 0 Å². The van der Waals surface area contributed by atoms with Gasteiger partial charge in [0.1, 0.15) is 33.8 Å². The molecule has 0 fully saturated rings. The summed E-state index contributed by atoms with van der Waals surface area (Å²) in [4.78, 5) is 47.1. The van der Waals surface area contributed by atoms with Crippen LogP contribution < -0.4 is 11.3 Å². The molecule has 4 aromatic rings. The van der Waals surface area contributed by atoms with Gasteiger partial charge in [-0.15, -0.1) is 0 Å². The zero-order valence-corrected chi connectivity index (χ0v) is 16.5. The first-order valence-electron chi connectivity index (χ1n) is 9.26. The van der Waals surface area contributed by atoms with Crippen LogP contribution in [0.3, 0.4) is 0 Å². The highest BCUT2D eigenvalue weighted by Gasteiger charge is 2.19. The molecule has 0 aliphatic carbocycles. The van der Waals surface area contributed by atoms with Crippen LogP contribution in [-0.4, -0.2) is 21.8 Å². The summed E-state index contributed by atoms with van der Waals surface area (Å²) >= 11 is 0. The molecule has 8 nitrogen and oxygen atoms in total. The summed E-state index contributed by atoms with van der Waals surface area (Å²) in [5.41, 5.74) is -0.918. The Balaban J connectivity index is 1.81. The van der Waals surface area contributed by atoms with Gasteiger partial charge >= 0.3 is 11.3 Å². The van der Waals surface area contributed by atoms with Gasteiger partial charge in [-0.3, -0.25) is 9.59 Å². The molecule has 0 spiro atoms. The molecule has 2 aromatic carbocycles. The first-order chi connectivity index (χ1) is 14.7. The Bertz CT molecular complexity index is 1410. The number of hydrogen-bond acceptors (Lipinski definition) is 8. The van der Waals surface area contributed by atoms with Crippen molar-refractivity contribution < 1.29 is 28.6 Å². The van der Waals surface area contributed by atoms with E-state index < -0.39 is 45.4 Å². The van der Waals surface area contributed by atoms with E-state index in [1.165, 1.54) is 12.1 Å². The third-order valence-corrected chi connectivity index (χ3v) is 5.00. The minimum absolute atomic E-state index is 0.139. The molecule has 0 saturated heterocycles. The van der Waals surface area contributed by atoms with Crippen molar-refractivity contribution in [3.8, 4) is 11.5 Å². The molecule has 2 heterocycles. The Morgan fingerprint density at radius 1 is 0.742 bits per heavy atom. The lowest BCUT2D eigenvalue weighted by molar-refractivity contribution is 0.0998. The maximum atomic E-state index is 11.9. The lowest BCUT2D eigenvalue weighted by Crippen LogP contribution is -2.12. The van der Waals surface area contributed by atoms with Crippen molar-refractivity contribution in [2.24, 2.45) is 0 Å². The Kier molecular flexibility index (Phi) is 4.69. The van der Waals surface area contributed by atoms with Crippen molar-refractivity contribution in [3.05, 3.63) is 79.5 Å². The van der Waals surface area contributed by atoms with Gasteiger partial charge in [0.25, 0.3) is 0 Å². The van der Waals surface area contributed by atoms with Crippen LogP contribution in [0.4, 0.5) is 0 Å². The van der Waals surface area contributed by atoms with Crippen molar-refractivity contribution in [3.63, 3.8) is 0 Å². The molecule has 156 valence electrons. The maximum absolute atomic E-state index is 11.9. The average molecular weight is 420 g/mol. The number of Topliss-reactive ketones (excluding diaryl/α,β-unsaturated/α-hetero) is 2. The maximum Gasteiger partial charge on any atom is 0.351 e. The van der Waals surface area contributed by atoms with Gasteiger partial charge in [-0.2, -0.15) is 0 Å². The van der Waals surface area contributed by atoms with E-state index in [2.05, 4.69) is 0 Å². The van der Waals surface area contributed by atoms with Crippen LogP contribution in [0.5, 0.6) is 11.5 Å². The van der Waals surface area contributed by atoms with Gasteiger partial charge in [0.15, 0.2) is 11.6 Å². The van der Waals surface area contributed by atoms with Crippen molar-refractivity contribution in [2.45, 2.75) is 20.3 Å². The summed E-state index contributed by atoms with van der Waals surface area (Å²) in [6.45, 7) is 2.33. The third-order valence-electron chi connectivity index (χ3n) is 5.00. The summed E-state index contributed by atoms with van der Waals surface area (Å²) < 4.78 is 10.2. The molecule has 2 aromatic heterocycles. The van der Waals surface area contributed by atoms with Crippen LogP contribution in [-0.2, 0) is 6.42 Å². The van der Waals surface area contributed by atoms with Gasteiger partial charge in [-0.05, 0) is 55.7 Å². The minimum atomic E-state index is -0.905. The molecule has 0 aliphatic rings. The number of carbonyl (C=O) groups excluding carboxylic acids is 2. The van der Waals surface area contributed by atoms with E-state index in [0.29, 0.717) is 17.5 Å². The zero-order valence-electron chi connectivity index (χ0n) is 16.5. The number of rotatable bonds is 4. The number of aromatic hydroxyl groups is 2. The van der Waals surface area contributed by atoms with Gasteiger partial charge < -0.3 is 19.0 Å². The number of fused-ring (bicyclic) bond motifs is 2. The van der Waals surface area contributed by atoms with E-state index in [1.807, 2.05) is 0 Å². The average Bonchev–Trinajstić information content (AvgIpc) is 2.68. The van der Waals surface area contributed by atoms with E-state index >= 15 is 0 Å². The largest absolute Gasteiger partial charge is 0.506 e. The molecule has 0 unspecified atom stereocenters. The van der Waals surface area contributed by atoms with Crippen LogP contribution in [0.15, 0.2) is 54.8 Å². The van der Waals surface area contributed by atoms with E-state index in [0.717, 1.165) is 13.8 Å². The molecule has 31 heavy (non-hydrogen) atoms. The topological polar surface area (TPSA) is 135 Å². The van der Waals surface area contributed by atoms with Gasteiger partial charge in [-0.25, -0.2) is 9.59 Å². The molecule has 4 rings (SSSR count). The molecule has 0 saturated carbocycles. The Hall–Kier alpha value is -4.20. The first kappa shape index (κ1) is 20.1. The summed E-state index contributed by atoms with van der Waals surface area (Å²) in [6, 6.07) is 9.59. The van der Waals surface area contributed by atoms with E-state index in [4.69, 9.17) is 8.83 Å². The lowest BCUT2D eigenvalue weighted by Gasteiger charge is -2.09. The molecule has 0 amide bonds. The first-order valence-corrected chi connectivity index (χ1v) is 9.26. The highest BCUT2D eigenvalue weighted by molar-refractivity contribution is 6.02. The Morgan fingerprint density at radius 3 is 1.48 bits per heavy atom. The quantitative estimate of drug-likeness (QED) is 0.379. The second kappa shape index (κ2) is 7.24. The van der Waals surface area contributed by atoms with Crippen LogP contribution in [0.25, 0.3) is 21.9 Å². The second-order valence-electron chi connectivity index (χ2n) is 7.18. The van der Waals surface area contributed by atoms with Crippen molar-refractivity contribution >= 4 is 33.5 Å². The van der Waals surface area contributed by atoms with Gasteiger partial charge in [0.05, 0.1) is 10.8 Å². The number of benzene rings is 2. The van der Waals surface area contributed by atoms with Crippen LogP contribution in [0.2, 0.25) is 0 Å². The predicted molar refractivity (Wildman–Crippen MR) is 111 cm³/mol. The fraction of sp³-hybridized carbons (Fsp3) is 0.130. The summed E-state index contributed by atoms with van der Waals surface area (Å²) in [7, 11) is 0. The van der Waals surface area contributed by atoms with Gasteiger partial charge in [-0.1, -0.05) is 12.1 Å². The van der Waals surface area contributed by atoms with Gasteiger partial charge in [0.2, 0.25) is 0 Å². The van der Waals surface area contributed by atoms with E-state index in [-0.39, 0.29) is 21.9 Å². The normalized spacial score (nSPS) is 11.2. The molecule has 8 heteroatoms. The smallest absolute Gasteiger partial charge is 0.351 e. The molecular formula is C23H16O8. The summed E-state index contributed by atoms with van der Waals surface area (Å²) in [6.07, 6.45) is 0.341. The Labute approximate surface area is 174 Å². The minimum Gasteiger partial charge on any atom is -0.506 e. The van der Waals surface area contributed by atoms with Crippen LogP contribution in [0.1, 0.15) is 45.7 Å². The van der Waals surface area contributed by atoms with E-state index in [1.54, 1.807) is 24.3 Å². The van der Waals surface area contributed by atoms with Crippen molar-refractivity contribution in [1.29, 1.82) is 0 Å². The zero-order chi connectivity index (χ0) is 22.4. The second-order valence-corrected chi connectivity index (χ2v) is 7.18. The molecular weight excluding hydrogens is 404 g/mol. The monoisotopic (exact) mass is 420 g/mol. The SMILES string of the molecule is CC(=O)c1c(O)c2cc(Cc3ccc4oc(=O)c(C(C)=O)c(O)c4c3)ccc2oc1=O. The highest BCUT2D eigenvalue weighted by atomic mass is 16.4. The van der Waals surface area contributed by atoms with Crippen molar-refractivity contribution in [1.82, 2.24) is 0 Å². The summed E-state index contributed by atoms with van der Waals surface area (Å²) in [5, 5.41) is 21.2. The third kappa shape index (κ3) is 3.38. The number of carbonyl (C=O) groups is 2. The predicted octanol–water partition coefficient (Wildman–Crippen LogP) is 3.31. The number of hydrogen-bond donors (Lipinski definition) is 2. The van der Waals surface area contributed by atoms with Gasteiger partial charge in [0, 0.05) is 0 Å². The Morgan fingerprint density at radius 2 is 1.13 bits per heavy atom. The number of ketones is 2. The van der Waals surface area contributed by atoms with Crippen LogP contribution >= 0.6 is 0 Å². The lowest BCUT2D eigenvalue weighted by atomic mass is 10.00. The molecule has 0 radical (unpaired) electrons. The molecule has 0 atom stereocenters. The summed E-state index contributed by atoms with van der Waals surface area (Å²) in [5.74, 6) is -2.09. The standard InChI is InChI=1S/C23H16O8/c1-10(24)18-20(26)14-8-12(3-5-16(14)30-22(18)28)7-13-4-6-17-15(9-13)21(27)19(11(2)25)23(29)31-17/h3-6,8-9,26-27H,7H2,1-2H3. The van der Waals surface area contributed by atoms with Crippen LogP contribution in [0, 0.1) is 0 Å². The van der Waals surface area contributed by atoms with E-state index in [9.17, 15) is 29.4 Å². The molecule has 0 bridgehead atoms. The molecule has 2 N–H and O–H groups in total. The fourth-order valence-corrected chi connectivity index (χ4v) is 3.54.